The van der Waals surface area contributed by atoms with Crippen LogP contribution >= 0.6 is 0 Å². The number of carboxylic acid groups (broad SMARTS) is 1. The van der Waals surface area contributed by atoms with Crippen molar-refractivity contribution in [1.29, 1.82) is 0 Å². The van der Waals surface area contributed by atoms with Gasteiger partial charge in [0.1, 0.15) is 6.04 Å². The third-order valence-electron chi connectivity index (χ3n) is 3.64. The molecule has 1 aromatic rings. The Morgan fingerprint density at radius 3 is 2.54 bits per heavy atom. The highest BCUT2D eigenvalue weighted by molar-refractivity contribution is 6.01. The second kappa shape index (κ2) is 8.09. The van der Waals surface area contributed by atoms with Gasteiger partial charge in [-0.25, -0.2) is 9.59 Å². The largest absolute Gasteiger partial charge is 0.480 e. The van der Waals surface area contributed by atoms with Gasteiger partial charge in [0.15, 0.2) is 0 Å². The summed E-state index contributed by atoms with van der Waals surface area (Å²) in [5, 5.41) is 14.1. The molecule has 4 amide bonds. The lowest BCUT2D eigenvalue weighted by Gasteiger charge is -2.15. The van der Waals surface area contributed by atoms with Gasteiger partial charge in [0.25, 0.3) is 0 Å². The third-order valence-corrected chi connectivity index (χ3v) is 3.64. The molecule has 1 fully saturated rings. The van der Waals surface area contributed by atoms with Gasteiger partial charge in [-0.15, -0.1) is 0 Å². The van der Waals surface area contributed by atoms with Crippen LogP contribution in [-0.4, -0.2) is 53.0 Å². The van der Waals surface area contributed by atoms with Crippen LogP contribution in [0, 0.1) is 0 Å². The Kier molecular flexibility index (Phi) is 5.89. The molecule has 0 unspecified atom stereocenters. The van der Waals surface area contributed by atoms with Crippen molar-refractivity contribution in [3.05, 3.63) is 35.9 Å². The molecule has 3 N–H and O–H groups in total. The van der Waals surface area contributed by atoms with E-state index in [2.05, 4.69) is 10.6 Å². The van der Waals surface area contributed by atoms with E-state index in [4.69, 9.17) is 0 Å². The van der Waals surface area contributed by atoms with Gasteiger partial charge in [-0.1, -0.05) is 30.3 Å². The monoisotopic (exact) mass is 333 g/mol. The minimum absolute atomic E-state index is 0.0246. The maximum Gasteiger partial charge on any atom is 0.326 e. The van der Waals surface area contributed by atoms with Gasteiger partial charge in [-0.05, 0) is 12.0 Å². The van der Waals surface area contributed by atoms with Crippen molar-refractivity contribution in [2.24, 2.45) is 0 Å². The third kappa shape index (κ3) is 4.80. The summed E-state index contributed by atoms with van der Waals surface area (Å²) >= 11 is 0. The minimum atomic E-state index is -1.11. The Labute approximate surface area is 138 Å². The molecule has 24 heavy (non-hydrogen) atoms. The lowest BCUT2D eigenvalue weighted by atomic mass is 10.1. The van der Waals surface area contributed by atoms with Crippen LogP contribution in [0.1, 0.15) is 18.4 Å². The molecule has 0 bridgehead atoms. The highest BCUT2D eigenvalue weighted by Gasteiger charge is 2.28. The van der Waals surface area contributed by atoms with Crippen LogP contribution in [0.3, 0.4) is 0 Å². The standard InChI is InChI=1S/C16H19N3O5/c20-13(7-4-8-19-14(21)10-17-16(19)24)18-12(15(22)23)9-11-5-2-1-3-6-11/h1-3,5-6,12H,4,7-10H2,(H,17,24)(H,18,20)(H,22,23)/t12-/m0/s1. The zero-order chi connectivity index (χ0) is 17.5. The molecule has 8 nitrogen and oxygen atoms in total. The van der Waals surface area contributed by atoms with E-state index in [9.17, 15) is 24.3 Å². The highest BCUT2D eigenvalue weighted by Crippen LogP contribution is 2.05. The predicted octanol–water partition coefficient (Wildman–Crippen LogP) is 0.131. The molecule has 128 valence electrons. The van der Waals surface area contributed by atoms with E-state index in [0.29, 0.717) is 0 Å². The fourth-order valence-corrected chi connectivity index (χ4v) is 2.40. The van der Waals surface area contributed by atoms with Crippen molar-refractivity contribution < 1.29 is 24.3 Å². The first-order valence-electron chi connectivity index (χ1n) is 7.61. The molecular weight excluding hydrogens is 314 g/mol. The first-order valence-corrected chi connectivity index (χ1v) is 7.61. The van der Waals surface area contributed by atoms with E-state index < -0.39 is 23.9 Å². The number of imide groups is 1. The number of hydrogen-bond acceptors (Lipinski definition) is 4. The molecule has 1 aliphatic heterocycles. The zero-order valence-corrected chi connectivity index (χ0v) is 13.0. The Morgan fingerprint density at radius 1 is 1.25 bits per heavy atom. The summed E-state index contributed by atoms with van der Waals surface area (Å²) in [5.74, 6) is -1.86. The Morgan fingerprint density at radius 2 is 1.96 bits per heavy atom. The predicted molar refractivity (Wildman–Crippen MR) is 84.1 cm³/mol. The van der Waals surface area contributed by atoms with Crippen LogP contribution in [0.4, 0.5) is 4.79 Å². The summed E-state index contributed by atoms with van der Waals surface area (Å²) in [6.45, 7) is 0.109. The van der Waals surface area contributed by atoms with Gasteiger partial charge in [0.05, 0.1) is 6.54 Å². The number of carboxylic acids is 1. The molecule has 1 atom stereocenters. The normalized spacial score (nSPS) is 15.1. The second-order valence-electron chi connectivity index (χ2n) is 5.46. The van der Waals surface area contributed by atoms with Gasteiger partial charge in [-0.3, -0.25) is 14.5 Å². The molecule has 0 aromatic heterocycles. The van der Waals surface area contributed by atoms with E-state index in [1.165, 1.54) is 0 Å². The number of urea groups is 1. The molecule has 0 radical (unpaired) electrons. The van der Waals surface area contributed by atoms with E-state index in [1.54, 1.807) is 24.3 Å². The number of nitrogens with zero attached hydrogens (tertiary/aromatic N) is 1. The van der Waals surface area contributed by atoms with Crippen molar-refractivity contribution >= 4 is 23.8 Å². The summed E-state index contributed by atoms with van der Waals surface area (Å²) in [6.07, 6.45) is 0.507. The molecule has 2 rings (SSSR count). The first kappa shape index (κ1) is 17.5. The number of nitrogens with one attached hydrogen (secondary N) is 2. The number of aliphatic carboxylic acids is 1. The second-order valence-corrected chi connectivity index (χ2v) is 5.46. The summed E-state index contributed by atoms with van der Waals surface area (Å²) in [4.78, 5) is 47.0. The number of amides is 4. The molecule has 0 spiro atoms. The average Bonchev–Trinajstić information content (AvgIpc) is 2.87. The summed E-state index contributed by atoms with van der Waals surface area (Å²) < 4.78 is 0. The van der Waals surface area contributed by atoms with Crippen LogP contribution in [0.2, 0.25) is 0 Å². The van der Waals surface area contributed by atoms with Crippen LogP contribution in [-0.2, 0) is 20.8 Å². The lowest BCUT2D eigenvalue weighted by Crippen LogP contribution is -2.42. The quantitative estimate of drug-likeness (QED) is 0.585. The average molecular weight is 333 g/mol. The van der Waals surface area contributed by atoms with Gasteiger partial charge in [-0.2, -0.15) is 0 Å². The summed E-state index contributed by atoms with van der Waals surface area (Å²) in [6, 6.07) is 7.53. The van der Waals surface area contributed by atoms with Gasteiger partial charge in [0.2, 0.25) is 11.8 Å². The van der Waals surface area contributed by atoms with Crippen molar-refractivity contribution in [2.45, 2.75) is 25.3 Å². The van der Waals surface area contributed by atoms with E-state index in [1.807, 2.05) is 6.07 Å². The maximum atomic E-state index is 11.9. The Balaban J connectivity index is 1.79. The van der Waals surface area contributed by atoms with E-state index in [0.717, 1.165) is 10.5 Å². The van der Waals surface area contributed by atoms with Crippen LogP contribution < -0.4 is 10.6 Å². The van der Waals surface area contributed by atoms with Crippen molar-refractivity contribution in [3.8, 4) is 0 Å². The van der Waals surface area contributed by atoms with Gasteiger partial charge < -0.3 is 15.7 Å². The minimum Gasteiger partial charge on any atom is -0.480 e. The Bertz CT molecular complexity index is 616. The number of hydrogen-bond donors (Lipinski definition) is 3. The van der Waals surface area contributed by atoms with Gasteiger partial charge in [0, 0.05) is 19.4 Å². The fraction of sp³-hybridized carbons (Fsp3) is 0.375. The smallest absolute Gasteiger partial charge is 0.326 e. The molecule has 8 heteroatoms. The van der Waals surface area contributed by atoms with Crippen molar-refractivity contribution in [1.82, 2.24) is 15.5 Å². The summed E-state index contributed by atoms with van der Waals surface area (Å²) in [5.41, 5.74) is 0.810. The van der Waals surface area contributed by atoms with E-state index in [-0.39, 0.29) is 38.3 Å². The highest BCUT2D eigenvalue weighted by atomic mass is 16.4. The SMILES string of the molecule is O=C(CCCN1C(=O)CNC1=O)N[C@@H](Cc1ccccc1)C(=O)O. The number of carbonyl (C=O) groups excluding carboxylic acids is 3. The number of benzene rings is 1. The zero-order valence-electron chi connectivity index (χ0n) is 13.0. The molecule has 0 aliphatic carbocycles. The topological polar surface area (TPSA) is 116 Å². The first-order chi connectivity index (χ1) is 11.5. The van der Waals surface area contributed by atoms with Crippen LogP contribution in [0.5, 0.6) is 0 Å². The summed E-state index contributed by atoms with van der Waals surface area (Å²) in [7, 11) is 0. The molecule has 0 saturated carbocycles. The lowest BCUT2D eigenvalue weighted by molar-refractivity contribution is -0.141. The molecule has 1 heterocycles. The number of rotatable bonds is 8. The van der Waals surface area contributed by atoms with Crippen LogP contribution in [0.15, 0.2) is 30.3 Å². The maximum absolute atomic E-state index is 11.9. The Hall–Kier alpha value is -2.90. The van der Waals surface area contributed by atoms with E-state index >= 15 is 0 Å². The molecule has 1 aromatic carbocycles. The molecular formula is C16H19N3O5. The molecule has 1 saturated heterocycles. The van der Waals surface area contributed by atoms with Gasteiger partial charge >= 0.3 is 12.0 Å². The van der Waals surface area contributed by atoms with Crippen molar-refractivity contribution in [3.63, 3.8) is 0 Å². The number of carbonyl (C=O) groups is 4. The van der Waals surface area contributed by atoms with Crippen LogP contribution in [0.25, 0.3) is 0 Å². The molecule has 1 aliphatic rings. The fourth-order valence-electron chi connectivity index (χ4n) is 2.40. The van der Waals surface area contributed by atoms with Crippen molar-refractivity contribution in [2.75, 3.05) is 13.1 Å².